The Morgan fingerprint density at radius 3 is 3.00 bits per heavy atom. The van der Waals surface area contributed by atoms with Crippen molar-refractivity contribution < 1.29 is 4.79 Å². The molecule has 0 fully saturated rings. The van der Waals surface area contributed by atoms with E-state index in [0.717, 1.165) is 41.5 Å². The molecule has 0 atom stereocenters. The van der Waals surface area contributed by atoms with Gasteiger partial charge in [-0.2, -0.15) is 0 Å². The zero-order valence-corrected chi connectivity index (χ0v) is 8.34. The predicted molar refractivity (Wildman–Crippen MR) is 59.0 cm³/mol. The average molecular weight is 200 g/mol. The van der Waals surface area contributed by atoms with E-state index in [-0.39, 0.29) is 5.91 Å². The Hall–Kier alpha value is -1.77. The third kappa shape index (κ3) is 1.23. The van der Waals surface area contributed by atoms with Gasteiger partial charge in [0, 0.05) is 23.1 Å². The van der Waals surface area contributed by atoms with Gasteiger partial charge >= 0.3 is 0 Å². The summed E-state index contributed by atoms with van der Waals surface area (Å²) < 4.78 is 0. The molecule has 0 radical (unpaired) electrons. The first kappa shape index (κ1) is 8.53. The van der Waals surface area contributed by atoms with Crippen LogP contribution in [0.3, 0.4) is 0 Å². The van der Waals surface area contributed by atoms with Gasteiger partial charge in [-0.05, 0) is 18.9 Å². The largest absolute Gasteiger partial charge is 0.358 e. The second-order valence-corrected chi connectivity index (χ2v) is 3.88. The topological polar surface area (TPSA) is 44.9 Å². The van der Waals surface area contributed by atoms with Crippen molar-refractivity contribution in [3.63, 3.8) is 0 Å². The monoisotopic (exact) mass is 200 g/mol. The zero-order valence-electron chi connectivity index (χ0n) is 8.34. The third-order valence-electron chi connectivity index (χ3n) is 2.90. The van der Waals surface area contributed by atoms with Gasteiger partial charge in [0.1, 0.15) is 0 Å². The van der Waals surface area contributed by atoms with E-state index >= 15 is 0 Å². The number of fused-ring (bicyclic) bond motifs is 3. The normalized spacial score (nSPS) is 15.9. The molecule has 0 aliphatic carbocycles. The number of benzene rings is 1. The first-order valence-electron chi connectivity index (χ1n) is 5.24. The Morgan fingerprint density at radius 2 is 2.07 bits per heavy atom. The van der Waals surface area contributed by atoms with E-state index in [2.05, 4.69) is 10.3 Å². The molecule has 0 spiro atoms. The summed E-state index contributed by atoms with van der Waals surface area (Å²) in [4.78, 5) is 15.2. The molecule has 76 valence electrons. The van der Waals surface area contributed by atoms with Gasteiger partial charge in [-0.1, -0.05) is 18.2 Å². The summed E-state index contributed by atoms with van der Waals surface area (Å²) in [5.41, 5.74) is 2.97. The van der Waals surface area contributed by atoms with Crippen LogP contribution in [0.1, 0.15) is 22.5 Å². The van der Waals surface area contributed by atoms with Gasteiger partial charge in [-0.25, -0.2) is 0 Å². The molecule has 2 heterocycles. The van der Waals surface area contributed by atoms with Crippen LogP contribution in [-0.2, 0) is 6.42 Å². The van der Waals surface area contributed by atoms with Gasteiger partial charge in [0.05, 0.1) is 5.56 Å². The van der Waals surface area contributed by atoms with E-state index in [0.29, 0.717) is 0 Å². The molecule has 15 heavy (non-hydrogen) atoms. The van der Waals surface area contributed by atoms with Crippen molar-refractivity contribution in [1.82, 2.24) is 10.3 Å². The van der Waals surface area contributed by atoms with Crippen molar-refractivity contribution in [2.24, 2.45) is 0 Å². The summed E-state index contributed by atoms with van der Waals surface area (Å²) in [7, 11) is 0. The minimum absolute atomic E-state index is 0.0555. The molecular formula is C12H12N2O. The summed E-state index contributed by atoms with van der Waals surface area (Å²) in [6.45, 7) is 0.773. The Kier molecular flexibility index (Phi) is 1.78. The molecule has 1 aromatic carbocycles. The smallest absolute Gasteiger partial charge is 0.253 e. The van der Waals surface area contributed by atoms with Gasteiger partial charge < -0.3 is 10.3 Å². The van der Waals surface area contributed by atoms with Gasteiger partial charge in [0.2, 0.25) is 0 Å². The van der Waals surface area contributed by atoms with Crippen molar-refractivity contribution in [3.05, 3.63) is 35.5 Å². The lowest BCUT2D eigenvalue weighted by Gasteiger charge is -1.98. The van der Waals surface area contributed by atoms with Crippen LogP contribution in [0.2, 0.25) is 0 Å². The molecule has 1 aliphatic rings. The molecule has 1 amide bonds. The highest BCUT2D eigenvalue weighted by Crippen LogP contribution is 2.24. The van der Waals surface area contributed by atoms with E-state index in [4.69, 9.17) is 0 Å². The Bertz CT molecular complexity index is 527. The molecule has 3 rings (SSSR count). The molecule has 1 aliphatic heterocycles. The van der Waals surface area contributed by atoms with Crippen molar-refractivity contribution >= 4 is 16.8 Å². The van der Waals surface area contributed by atoms with Gasteiger partial charge in [-0.3, -0.25) is 4.79 Å². The molecule has 0 saturated heterocycles. The van der Waals surface area contributed by atoms with Crippen molar-refractivity contribution in [1.29, 1.82) is 0 Å². The fourth-order valence-corrected chi connectivity index (χ4v) is 2.20. The van der Waals surface area contributed by atoms with Crippen LogP contribution in [-0.4, -0.2) is 17.4 Å². The van der Waals surface area contributed by atoms with Crippen molar-refractivity contribution in [2.45, 2.75) is 12.8 Å². The molecule has 3 nitrogen and oxygen atoms in total. The van der Waals surface area contributed by atoms with E-state index in [1.807, 2.05) is 24.3 Å². The summed E-state index contributed by atoms with van der Waals surface area (Å²) in [6, 6.07) is 7.96. The maximum atomic E-state index is 11.8. The number of carbonyl (C=O) groups excluding carboxylic acids is 1. The minimum atomic E-state index is 0.0555. The lowest BCUT2D eigenvalue weighted by atomic mass is 10.1. The molecule has 0 saturated carbocycles. The molecule has 0 unspecified atom stereocenters. The van der Waals surface area contributed by atoms with Crippen LogP contribution in [0.15, 0.2) is 24.3 Å². The number of aromatic nitrogens is 1. The van der Waals surface area contributed by atoms with Gasteiger partial charge in [0.25, 0.3) is 5.91 Å². The highest BCUT2D eigenvalue weighted by atomic mass is 16.1. The summed E-state index contributed by atoms with van der Waals surface area (Å²) in [5, 5.41) is 3.95. The molecule has 1 aromatic heterocycles. The number of nitrogens with one attached hydrogen (secondary N) is 2. The van der Waals surface area contributed by atoms with E-state index in [1.165, 1.54) is 0 Å². The zero-order chi connectivity index (χ0) is 10.3. The van der Waals surface area contributed by atoms with Crippen molar-refractivity contribution in [3.8, 4) is 0 Å². The molecule has 2 N–H and O–H groups in total. The molecule has 2 aromatic rings. The maximum Gasteiger partial charge on any atom is 0.253 e. The number of aryl methyl sites for hydroxylation is 1. The fraction of sp³-hybridized carbons (Fsp3) is 0.250. The van der Waals surface area contributed by atoms with Gasteiger partial charge in [-0.15, -0.1) is 0 Å². The third-order valence-corrected chi connectivity index (χ3v) is 2.90. The number of para-hydroxylation sites is 1. The predicted octanol–water partition coefficient (Wildman–Crippen LogP) is 1.84. The quantitative estimate of drug-likeness (QED) is 0.669. The van der Waals surface area contributed by atoms with E-state index < -0.39 is 0 Å². The lowest BCUT2D eigenvalue weighted by Crippen LogP contribution is -2.22. The second-order valence-electron chi connectivity index (χ2n) is 3.88. The number of carbonyl (C=O) groups is 1. The van der Waals surface area contributed by atoms with E-state index in [1.54, 1.807) is 0 Å². The fourth-order valence-electron chi connectivity index (χ4n) is 2.20. The number of rotatable bonds is 0. The lowest BCUT2D eigenvalue weighted by molar-refractivity contribution is 0.0957. The number of amides is 1. The molecule has 3 heteroatoms. The first-order valence-corrected chi connectivity index (χ1v) is 5.24. The van der Waals surface area contributed by atoms with Gasteiger partial charge in [0.15, 0.2) is 0 Å². The van der Waals surface area contributed by atoms with Crippen LogP contribution in [0, 0.1) is 0 Å². The first-order chi connectivity index (χ1) is 7.36. The maximum absolute atomic E-state index is 11.8. The number of hydrogen-bond acceptors (Lipinski definition) is 1. The van der Waals surface area contributed by atoms with Crippen LogP contribution in [0.5, 0.6) is 0 Å². The van der Waals surface area contributed by atoms with Crippen molar-refractivity contribution in [2.75, 3.05) is 6.54 Å². The highest BCUT2D eigenvalue weighted by molar-refractivity contribution is 6.08. The molecule has 0 bridgehead atoms. The standard InChI is InChI=1S/C12H12N2O/c15-12-11-8-4-1-2-5-9(8)14-10(11)6-3-7-13-12/h1-2,4-5,14H,3,6-7H2,(H,13,15). The summed E-state index contributed by atoms with van der Waals surface area (Å²) in [5.74, 6) is 0.0555. The highest BCUT2D eigenvalue weighted by Gasteiger charge is 2.19. The van der Waals surface area contributed by atoms with Crippen LogP contribution in [0.25, 0.3) is 10.9 Å². The Labute approximate surface area is 87.5 Å². The molecular weight excluding hydrogens is 188 g/mol. The Balaban J connectivity index is 2.32. The SMILES string of the molecule is O=C1NCCCc2[nH]c3ccccc3c21. The number of hydrogen-bond donors (Lipinski definition) is 2. The number of H-pyrrole nitrogens is 1. The number of aromatic amines is 1. The second kappa shape index (κ2) is 3.12. The minimum Gasteiger partial charge on any atom is -0.358 e. The summed E-state index contributed by atoms with van der Waals surface area (Å²) in [6.07, 6.45) is 1.95. The summed E-state index contributed by atoms with van der Waals surface area (Å²) >= 11 is 0. The van der Waals surface area contributed by atoms with E-state index in [9.17, 15) is 4.79 Å². The average Bonchev–Trinajstić information content (AvgIpc) is 2.53. The Morgan fingerprint density at radius 1 is 1.20 bits per heavy atom. The van der Waals surface area contributed by atoms with Crippen LogP contribution >= 0.6 is 0 Å². The van der Waals surface area contributed by atoms with Crippen LogP contribution in [0.4, 0.5) is 0 Å². The van der Waals surface area contributed by atoms with Crippen LogP contribution < -0.4 is 5.32 Å².